The number of carbonyl (C=O) groups is 2. The lowest BCUT2D eigenvalue weighted by Gasteiger charge is -2.34. The molecule has 0 N–H and O–H groups in total. The second-order valence-corrected chi connectivity index (χ2v) is 9.92. The van der Waals surface area contributed by atoms with Crippen LogP contribution in [-0.2, 0) is 16.1 Å². The zero-order valence-electron chi connectivity index (χ0n) is 19.4. The molecule has 1 aromatic heterocycles. The van der Waals surface area contributed by atoms with Gasteiger partial charge in [-0.3, -0.25) is 19.5 Å². The average molecular weight is 504 g/mol. The number of halogens is 3. The number of nitrogens with zero attached hydrogens (tertiary/aromatic N) is 3. The van der Waals surface area contributed by atoms with E-state index in [1.165, 1.54) is 12.1 Å². The number of alkyl halides is 3. The minimum Gasteiger partial charge on any atom is -0.497 e. The summed E-state index contributed by atoms with van der Waals surface area (Å²) in [5.74, 6) is 0.106. The molecule has 1 aliphatic rings. The third kappa shape index (κ3) is 5.13. The molecule has 2 aromatic carbocycles. The maximum Gasteiger partial charge on any atom is 0.446 e. The van der Waals surface area contributed by atoms with E-state index >= 15 is 0 Å². The Morgan fingerprint density at radius 3 is 2.54 bits per heavy atom. The fourth-order valence-electron chi connectivity index (χ4n) is 4.55. The van der Waals surface area contributed by atoms with Crippen molar-refractivity contribution in [1.82, 2.24) is 9.88 Å². The number of carbonyl (C=O) groups excluding carboxylic acids is 2. The Balaban J connectivity index is 1.66. The number of Topliss-reactive ketones (excluding diaryl/α,β-unsaturated/α-hetero) is 1. The molecule has 0 saturated carbocycles. The van der Waals surface area contributed by atoms with Crippen LogP contribution < -0.4 is 9.64 Å². The first kappa shape index (κ1) is 25.0. The Morgan fingerprint density at radius 2 is 1.91 bits per heavy atom. The SMILES string of the molecule is COc1ccc2c(CN3CN(c4ccc(SC(F)(F)F)cc4)C(C(=O)C=O)C3(C)C)ccnc2c1. The van der Waals surface area contributed by atoms with Crippen LogP contribution in [0.15, 0.2) is 59.6 Å². The van der Waals surface area contributed by atoms with E-state index in [2.05, 4.69) is 9.88 Å². The van der Waals surface area contributed by atoms with Crippen molar-refractivity contribution >= 4 is 40.4 Å². The van der Waals surface area contributed by atoms with Gasteiger partial charge in [0.15, 0.2) is 6.29 Å². The van der Waals surface area contributed by atoms with Gasteiger partial charge in [0.2, 0.25) is 5.78 Å². The van der Waals surface area contributed by atoms with Gasteiger partial charge in [-0.05, 0) is 73.6 Å². The molecule has 0 bridgehead atoms. The number of aldehydes is 1. The topological polar surface area (TPSA) is 62.7 Å². The second-order valence-electron chi connectivity index (χ2n) is 8.78. The molecule has 35 heavy (non-hydrogen) atoms. The zero-order valence-corrected chi connectivity index (χ0v) is 20.2. The molecule has 2 heterocycles. The Kier molecular flexibility index (Phi) is 6.79. The summed E-state index contributed by atoms with van der Waals surface area (Å²) in [5.41, 5.74) is -2.80. The van der Waals surface area contributed by atoms with E-state index in [1.54, 1.807) is 30.3 Å². The number of anilines is 1. The van der Waals surface area contributed by atoms with Crippen LogP contribution in [0.2, 0.25) is 0 Å². The normalized spacial score (nSPS) is 18.1. The Hall–Kier alpha value is -3.11. The molecule has 1 saturated heterocycles. The third-order valence-electron chi connectivity index (χ3n) is 6.31. The van der Waals surface area contributed by atoms with E-state index in [0.29, 0.717) is 30.9 Å². The maximum absolute atomic E-state index is 12.7. The number of ketones is 1. The van der Waals surface area contributed by atoms with E-state index in [4.69, 9.17) is 4.74 Å². The van der Waals surface area contributed by atoms with Gasteiger partial charge in [-0.1, -0.05) is 0 Å². The second kappa shape index (κ2) is 9.50. The molecule has 1 atom stereocenters. The Labute approximate surface area is 205 Å². The number of methoxy groups -OCH3 is 1. The first-order chi connectivity index (χ1) is 16.5. The number of hydrogen-bond donors (Lipinski definition) is 0. The van der Waals surface area contributed by atoms with Crippen LogP contribution in [0.5, 0.6) is 5.75 Å². The van der Waals surface area contributed by atoms with Gasteiger partial charge in [0.1, 0.15) is 11.8 Å². The van der Waals surface area contributed by atoms with E-state index in [1.807, 2.05) is 38.1 Å². The van der Waals surface area contributed by atoms with Crippen molar-refractivity contribution in [2.45, 2.75) is 42.4 Å². The summed E-state index contributed by atoms with van der Waals surface area (Å²) >= 11 is -0.198. The molecule has 1 fully saturated rings. The van der Waals surface area contributed by atoms with Gasteiger partial charge in [-0.2, -0.15) is 13.2 Å². The number of fused-ring (bicyclic) bond motifs is 1. The van der Waals surface area contributed by atoms with Crippen molar-refractivity contribution in [3.05, 3.63) is 60.3 Å². The van der Waals surface area contributed by atoms with Crippen molar-refractivity contribution in [2.24, 2.45) is 0 Å². The minimum atomic E-state index is -4.39. The molecular formula is C25H24F3N3O3S. The van der Waals surface area contributed by atoms with E-state index in [9.17, 15) is 22.8 Å². The van der Waals surface area contributed by atoms with Gasteiger partial charge in [-0.25, -0.2) is 0 Å². The van der Waals surface area contributed by atoms with Crippen molar-refractivity contribution in [3.8, 4) is 5.75 Å². The zero-order chi connectivity index (χ0) is 25.4. The highest BCUT2D eigenvalue weighted by Gasteiger charge is 2.50. The monoisotopic (exact) mass is 503 g/mol. The van der Waals surface area contributed by atoms with Crippen LogP contribution in [0, 0.1) is 0 Å². The summed E-state index contributed by atoms with van der Waals surface area (Å²) in [5, 5.41) is 0.939. The maximum atomic E-state index is 12.7. The molecule has 0 spiro atoms. The minimum absolute atomic E-state index is 0.0495. The Morgan fingerprint density at radius 1 is 1.20 bits per heavy atom. The third-order valence-corrected chi connectivity index (χ3v) is 7.05. The van der Waals surface area contributed by atoms with Crippen LogP contribution in [-0.4, -0.2) is 52.8 Å². The summed E-state index contributed by atoms with van der Waals surface area (Å²) in [4.78, 5) is 32.6. The summed E-state index contributed by atoms with van der Waals surface area (Å²) < 4.78 is 43.5. The first-order valence-corrected chi connectivity index (χ1v) is 11.6. The van der Waals surface area contributed by atoms with Gasteiger partial charge < -0.3 is 9.64 Å². The molecular weight excluding hydrogens is 479 g/mol. The number of ether oxygens (including phenoxy) is 1. The van der Waals surface area contributed by atoms with Gasteiger partial charge in [0.05, 0.1) is 19.3 Å². The molecule has 0 radical (unpaired) electrons. The quantitative estimate of drug-likeness (QED) is 0.254. The fourth-order valence-corrected chi connectivity index (χ4v) is 5.09. The highest BCUT2D eigenvalue weighted by Crippen LogP contribution is 2.40. The molecule has 0 aliphatic carbocycles. The molecule has 184 valence electrons. The van der Waals surface area contributed by atoms with Crippen molar-refractivity contribution < 1.29 is 27.5 Å². The number of aromatic nitrogens is 1. The standard InChI is InChI=1S/C25H24F3N3O3S/c1-24(2)23(22(33)14-32)31(17-4-7-19(8-5-17)35-25(26,27)28)15-30(24)13-16-10-11-29-21-12-18(34-3)6-9-20(16)21/h4-12,14,23H,13,15H2,1-3H3. The van der Waals surface area contributed by atoms with Crippen LogP contribution in [0.1, 0.15) is 19.4 Å². The number of hydrogen-bond acceptors (Lipinski definition) is 7. The number of benzene rings is 2. The van der Waals surface area contributed by atoms with Crippen molar-refractivity contribution in [3.63, 3.8) is 0 Å². The lowest BCUT2D eigenvalue weighted by molar-refractivity contribution is -0.131. The molecule has 10 heteroatoms. The van der Waals surface area contributed by atoms with Gasteiger partial charge in [-0.15, -0.1) is 0 Å². The van der Waals surface area contributed by atoms with Crippen LogP contribution in [0.4, 0.5) is 18.9 Å². The first-order valence-electron chi connectivity index (χ1n) is 10.8. The van der Waals surface area contributed by atoms with E-state index < -0.39 is 22.9 Å². The van der Waals surface area contributed by atoms with Crippen molar-refractivity contribution in [1.29, 1.82) is 0 Å². The lowest BCUT2D eigenvalue weighted by atomic mass is 9.90. The predicted molar refractivity (Wildman–Crippen MR) is 128 cm³/mol. The van der Waals surface area contributed by atoms with Gasteiger partial charge in [0.25, 0.3) is 0 Å². The highest BCUT2D eigenvalue weighted by molar-refractivity contribution is 8.00. The van der Waals surface area contributed by atoms with Crippen LogP contribution in [0.3, 0.4) is 0 Å². The van der Waals surface area contributed by atoms with Crippen LogP contribution >= 0.6 is 11.8 Å². The number of pyridine rings is 1. The van der Waals surface area contributed by atoms with Gasteiger partial charge in [0, 0.05) is 40.3 Å². The summed E-state index contributed by atoms with van der Waals surface area (Å²) in [7, 11) is 1.59. The lowest BCUT2D eigenvalue weighted by Crippen LogP contribution is -2.51. The molecule has 1 unspecified atom stereocenters. The smallest absolute Gasteiger partial charge is 0.446 e. The highest BCUT2D eigenvalue weighted by atomic mass is 32.2. The average Bonchev–Trinajstić information content (AvgIpc) is 3.07. The summed E-state index contributed by atoms with van der Waals surface area (Å²) in [6.45, 7) is 4.56. The predicted octanol–water partition coefficient (Wildman–Crippen LogP) is 5.05. The summed E-state index contributed by atoms with van der Waals surface area (Å²) in [6, 6.07) is 12.6. The van der Waals surface area contributed by atoms with Gasteiger partial charge >= 0.3 is 5.51 Å². The molecule has 1 aliphatic heterocycles. The van der Waals surface area contributed by atoms with Crippen molar-refractivity contribution in [2.75, 3.05) is 18.7 Å². The fraction of sp³-hybridized carbons (Fsp3) is 0.320. The Bertz CT molecular complexity index is 1250. The molecule has 6 nitrogen and oxygen atoms in total. The van der Waals surface area contributed by atoms with Crippen LogP contribution in [0.25, 0.3) is 10.9 Å². The molecule has 4 rings (SSSR count). The number of rotatable bonds is 7. The largest absolute Gasteiger partial charge is 0.497 e. The number of thioether (sulfide) groups is 1. The molecule has 0 amide bonds. The van der Waals surface area contributed by atoms with E-state index in [0.717, 1.165) is 16.5 Å². The van der Waals surface area contributed by atoms with E-state index in [-0.39, 0.29) is 16.7 Å². The molecule has 3 aromatic rings. The summed E-state index contributed by atoms with van der Waals surface area (Å²) in [6.07, 6.45) is 2.02.